The predicted molar refractivity (Wildman–Crippen MR) is 106 cm³/mol. The first-order chi connectivity index (χ1) is 13.3. The van der Waals surface area contributed by atoms with E-state index in [4.69, 9.17) is 11.6 Å². The van der Waals surface area contributed by atoms with Gasteiger partial charge in [0, 0.05) is 30.2 Å². The maximum atomic E-state index is 12.5. The van der Waals surface area contributed by atoms with Crippen LogP contribution in [0.4, 0.5) is 5.69 Å². The Balaban J connectivity index is 1.59. The van der Waals surface area contributed by atoms with E-state index in [0.717, 1.165) is 5.56 Å². The van der Waals surface area contributed by atoms with Gasteiger partial charge in [0.15, 0.2) is 0 Å². The Hall–Kier alpha value is -2.42. The molecule has 1 fully saturated rings. The lowest BCUT2D eigenvalue weighted by Crippen LogP contribution is -2.32. The molecule has 7 nitrogen and oxygen atoms in total. The second-order valence-corrected chi connectivity index (χ2v) is 8.78. The van der Waals surface area contributed by atoms with E-state index in [1.165, 1.54) is 19.2 Å². The fourth-order valence-corrected chi connectivity index (χ4v) is 3.93. The molecule has 1 heterocycles. The van der Waals surface area contributed by atoms with E-state index in [1.807, 2.05) is 0 Å². The molecule has 0 radical (unpaired) electrons. The highest BCUT2D eigenvalue weighted by Gasteiger charge is 2.35. The number of amides is 2. The highest BCUT2D eigenvalue weighted by atomic mass is 35.5. The lowest BCUT2D eigenvalue weighted by Gasteiger charge is -2.17. The summed E-state index contributed by atoms with van der Waals surface area (Å²) in [6.45, 7) is 0.547. The smallest absolute Gasteiger partial charge is 0.240 e. The van der Waals surface area contributed by atoms with Crippen molar-refractivity contribution in [3.63, 3.8) is 0 Å². The third kappa shape index (κ3) is 4.52. The number of hydrogen-bond acceptors (Lipinski definition) is 4. The molecule has 1 aliphatic rings. The molecule has 2 N–H and O–H groups in total. The van der Waals surface area contributed by atoms with Crippen molar-refractivity contribution in [3.05, 3.63) is 59.1 Å². The second-order valence-electron chi connectivity index (χ2n) is 6.45. The largest absolute Gasteiger partial charge is 0.352 e. The van der Waals surface area contributed by atoms with Gasteiger partial charge in [-0.15, -0.1) is 0 Å². The van der Waals surface area contributed by atoms with E-state index >= 15 is 0 Å². The summed E-state index contributed by atoms with van der Waals surface area (Å²) in [5, 5.41) is 3.34. The molecule has 1 aliphatic heterocycles. The lowest BCUT2D eigenvalue weighted by molar-refractivity contribution is -0.126. The molecule has 9 heteroatoms. The number of carbonyl (C=O) groups is 2. The van der Waals surface area contributed by atoms with E-state index in [1.54, 1.807) is 41.3 Å². The maximum Gasteiger partial charge on any atom is 0.240 e. The Morgan fingerprint density at radius 1 is 1.21 bits per heavy atom. The topological polar surface area (TPSA) is 95.6 Å². The van der Waals surface area contributed by atoms with Gasteiger partial charge >= 0.3 is 0 Å². The Morgan fingerprint density at radius 3 is 2.57 bits per heavy atom. The van der Waals surface area contributed by atoms with Crippen molar-refractivity contribution in [1.82, 2.24) is 10.0 Å². The number of nitrogens with one attached hydrogen (secondary N) is 2. The molecule has 0 bridgehead atoms. The normalized spacial score (nSPS) is 17.0. The van der Waals surface area contributed by atoms with Crippen molar-refractivity contribution in [1.29, 1.82) is 0 Å². The summed E-state index contributed by atoms with van der Waals surface area (Å²) in [6, 6.07) is 13.2. The zero-order valence-corrected chi connectivity index (χ0v) is 16.8. The van der Waals surface area contributed by atoms with E-state index in [2.05, 4.69) is 10.0 Å². The number of rotatable bonds is 6. The minimum atomic E-state index is -3.49. The summed E-state index contributed by atoms with van der Waals surface area (Å²) in [6.07, 6.45) is 0.137. The van der Waals surface area contributed by atoms with Gasteiger partial charge in [0.25, 0.3) is 0 Å². The molecule has 2 aromatic rings. The first kappa shape index (κ1) is 20.3. The number of carbonyl (C=O) groups excluding carboxylic acids is 2. The van der Waals surface area contributed by atoms with Gasteiger partial charge in [-0.1, -0.05) is 29.8 Å². The van der Waals surface area contributed by atoms with Gasteiger partial charge in [-0.3, -0.25) is 9.59 Å². The molecular formula is C19H20ClN3O4S. The number of hydrogen-bond donors (Lipinski definition) is 2. The first-order valence-corrected chi connectivity index (χ1v) is 10.5. The summed E-state index contributed by atoms with van der Waals surface area (Å²) in [5.74, 6) is -0.788. The van der Waals surface area contributed by atoms with Crippen LogP contribution >= 0.6 is 11.6 Å². The van der Waals surface area contributed by atoms with E-state index < -0.39 is 15.9 Å². The van der Waals surface area contributed by atoms with Crippen LogP contribution in [0.15, 0.2) is 53.4 Å². The molecular weight excluding hydrogens is 402 g/mol. The van der Waals surface area contributed by atoms with Crippen LogP contribution in [0.1, 0.15) is 12.0 Å². The number of benzene rings is 2. The minimum Gasteiger partial charge on any atom is -0.352 e. The predicted octanol–water partition coefficient (Wildman–Crippen LogP) is 1.92. The summed E-state index contributed by atoms with van der Waals surface area (Å²) < 4.78 is 25.7. The lowest BCUT2D eigenvalue weighted by atomic mass is 10.1. The standard InChI is InChI=1S/C19H20ClN3O4S/c1-21-28(26,27)17-7-5-13(6-8-17)11-22-19(25)14-9-18(24)23(12-14)16-4-2-3-15(20)10-16/h2-8,10,14,21H,9,11-12H2,1H3,(H,22,25). The number of anilines is 1. The van der Waals surface area contributed by atoms with Gasteiger partial charge in [-0.2, -0.15) is 0 Å². The molecule has 2 amide bonds. The van der Waals surface area contributed by atoms with Crippen LogP contribution in [0, 0.1) is 5.92 Å². The second kappa shape index (κ2) is 8.30. The molecule has 0 aliphatic carbocycles. The van der Waals surface area contributed by atoms with E-state index in [-0.39, 0.29) is 29.7 Å². The van der Waals surface area contributed by atoms with E-state index in [0.29, 0.717) is 17.3 Å². The van der Waals surface area contributed by atoms with Crippen LogP contribution in [0.5, 0.6) is 0 Å². The molecule has 0 aromatic heterocycles. The molecule has 3 rings (SSSR count). The van der Waals surface area contributed by atoms with Gasteiger partial charge < -0.3 is 10.2 Å². The van der Waals surface area contributed by atoms with Crippen LogP contribution in [0.3, 0.4) is 0 Å². The highest BCUT2D eigenvalue weighted by Crippen LogP contribution is 2.27. The SMILES string of the molecule is CNS(=O)(=O)c1ccc(CNC(=O)C2CC(=O)N(c3cccc(Cl)c3)C2)cc1. The summed E-state index contributed by atoms with van der Waals surface area (Å²) in [7, 11) is -2.14. The van der Waals surface area contributed by atoms with Crippen molar-refractivity contribution >= 4 is 39.1 Å². The molecule has 0 spiro atoms. The van der Waals surface area contributed by atoms with Crippen LogP contribution in [0.2, 0.25) is 5.02 Å². The first-order valence-electron chi connectivity index (χ1n) is 8.66. The number of halogens is 1. The third-order valence-electron chi connectivity index (χ3n) is 4.58. The van der Waals surface area contributed by atoms with Crippen molar-refractivity contribution in [2.24, 2.45) is 5.92 Å². The zero-order valence-electron chi connectivity index (χ0n) is 15.2. The third-order valence-corrected chi connectivity index (χ3v) is 6.25. The Labute approximate surface area is 168 Å². The minimum absolute atomic E-state index is 0.121. The molecule has 2 aromatic carbocycles. The molecule has 1 atom stereocenters. The Kier molecular flexibility index (Phi) is 6.02. The van der Waals surface area contributed by atoms with Crippen molar-refractivity contribution < 1.29 is 18.0 Å². The van der Waals surface area contributed by atoms with Gasteiger partial charge in [0.05, 0.1) is 10.8 Å². The molecule has 1 saturated heterocycles. The Bertz CT molecular complexity index is 992. The van der Waals surface area contributed by atoms with Crippen LogP contribution in [-0.2, 0) is 26.2 Å². The highest BCUT2D eigenvalue weighted by molar-refractivity contribution is 7.89. The fourth-order valence-electron chi connectivity index (χ4n) is 3.01. The van der Waals surface area contributed by atoms with Crippen LogP contribution in [0.25, 0.3) is 0 Å². The average molecular weight is 422 g/mol. The summed E-state index contributed by atoms with van der Waals surface area (Å²) in [5.41, 5.74) is 1.44. The number of sulfonamides is 1. The van der Waals surface area contributed by atoms with Crippen LogP contribution in [-0.4, -0.2) is 33.8 Å². The quantitative estimate of drug-likeness (QED) is 0.744. The number of nitrogens with zero attached hydrogens (tertiary/aromatic N) is 1. The monoisotopic (exact) mass is 421 g/mol. The van der Waals surface area contributed by atoms with Gasteiger partial charge in [0.1, 0.15) is 0 Å². The molecule has 1 unspecified atom stereocenters. The summed E-state index contributed by atoms with van der Waals surface area (Å²) >= 11 is 5.98. The van der Waals surface area contributed by atoms with Crippen molar-refractivity contribution in [2.45, 2.75) is 17.9 Å². The van der Waals surface area contributed by atoms with Gasteiger partial charge in [0.2, 0.25) is 21.8 Å². The fraction of sp³-hybridized carbons (Fsp3) is 0.263. The van der Waals surface area contributed by atoms with Gasteiger partial charge in [-0.05, 0) is 42.9 Å². The maximum absolute atomic E-state index is 12.5. The molecule has 148 valence electrons. The van der Waals surface area contributed by atoms with Crippen molar-refractivity contribution in [3.8, 4) is 0 Å². The van der Waals surface area contributed by atoms with E-state index in [9.17, 15) is 18.0 Å². The van der Waals surface area contributed by atoms with Crippen molar-refractivity contribution in [2.75, 3.05) is 18.5 Å². The summed E-state index contributed by atoms with van der Waals surface area (Å²) in [4.78, 5) is 26.5. The average Bonchev–Trinajstić information content (AvgIpc) is 3.08. The Morgan fingerprint density at radius 2 is 1.93 bits per heavy atom. The zero-order chi connectivity index (χ0) is 20.3. The van der Waals surface area contributed by atoms with Crippen LogP contribution < -0.4 is 14.9 Å². The molecule has 0 saturated carbocycles. The molecule has 28 heavy (non-hydrogen) atoms. The van der Waals surface area contributed by atoms with Gasteiger partial charge in [-0.25, -0.2) is 13.1 Å².